The maximum atomic E-state index is 12.7. The van der Waals surface area contributed by atoms with Crippen LogP contribution in [0, 0.1) is 0 Å². The van der Waals surface area contributed by atoms with Crippen LogP contribution in [0.5, 0.6) is 0 Å². The molecule has 2 atom stereocenters. The van der Waals surface area contributed by atoms with E-state index >= 15 is 0 Å². The smallest absolute Gasteiger partial charge is 0.306 e. The van der Waals surface area contributed by atoms with E-state index in [9.17, 15) is 14.3 Å². The van der Waals surface area contributed by atoms with Gasteiger partial charge in [0.2, 0.25) is 0 Å². The van der Waals surface area contributed by atoms with Gasteiger partial charge in [0.15, 0.2) is 0 Å². The van der Waals surface area contributed by atoms with Crippen LogP contribution < -0.4 is 4.89 Å². The molecule has 0 fully saturated rings. The predicted octanol–water partition coefficient (Wildman–Crippen LogP) is 15.2. The summed E-state index contributed by atoms with van der Waals surface area (Å²) in [4.78, 5) is 25.2. The van der Waals surface area contributed by atoms with E-state index in [0.717, 1.165) is 32.1 Å². The molecule has 0 rings (SSSR count). The SMILES string of the molecule is CCCCCCCCC/C=C\CCCCCCCCCCOCC(COP(=O)([O-])OCC[N+](C)(C)C)OC(=O)CCCCCCCCCCCCCCCCCCCCC. The Morgan fingerprint density at radius 2 is 0.867 bits per heavy atom. The Kier molecular flexibility index (Phi) is 44.3. The third-order valence-electron chi connectivity index (χ3n) is 11.6. The second-order valence-corrected chi connectivity index (χ2v) is 20.3. The Balaban J connectivity index is 4.11. The molecule has 0 heterocycles. The second kappa shape index (κ2) is 44.8. The van der Waals surface area contributed by atoms with Crippen molar-refractivity contribution < 1.29 is 37.3 Å². The van der Waals surface area contributed by atoms with Gasteiger partial charge in [0.05, 0.1) is 34.4 Å². The summed E-state index contributed by atoms with van der Waals surface area (Å²) in [6, 6.07) is 0. The summed E-state index contributed by atoms with van der Waals surface area (Å²) in [7, 11) is 1.37. The van der Waals surface area contributed by atoms with Gasteiger partial charge in [0.1, 0.15) is 19.3 Å². The molecule has 0 N–H and O–H groups in total. The number of phosphoric acid groups is 1. The largest absolute Gasteiger partial charge is 0.756 e. The molecule has 0 aromatic rings. The highest BCUT2D eigenvalue weighted by Gasteiger charge is 2.20. The number of esters is 1. The van der Waals surface area contributed by atoms with Crippen LogP contribution in [-0.2, 0) is 27.9 Å². The Morgan fingerprint density at radius 3 is 1.27 bits per heavy atom. The van der Waals surface area contributed by atoms with E-state index in [1.54, 1.807) is 0 Å². The van der Waals surface area contributed by atoms with Gasteiger partial charge < -0.3 is 27.9 Å². The number of nitrogens with zero attached hydrogens (tertiary/aromatic N) is 1. The molecule has 0 spiro atoms. The zero-order chi connectivity index (χ0) is 44.1. The van der Waals surface area contributed by atoms with Gasteiger partial charge in [-0.25, -0.2) is 0 Å². The lowest BCUT2D eigenvalue weighted by Crippen LogP contribution is -2.37. The molecule has 0 saturated carbocycles. The molecule has 8 nitrogen and oxygen atoms in total. The summed E-state index contributed by atoms with van der Waals surface area (Å²) in [5.74, 6) is -0.328. The van der Waals surface area contributed by atoms with E-state index in [1.807, 2.05) is 21.1 Å². The van der Waals surface area contributed by atoms with Crippen LogP contribution in [-0.4, -0.2) is 70.7 Å². The first-order valence-corrected chi connectivity index (χ1v) is 27.4. The van der Waals surface area contributed by atoms with Crippen LogP contribution in [0.25, 0.3) is 0 Å². The molecule has 0 aliphatic rings. The van der Waals surface area contributed by atoms with E-state index < -0.39 is 13.9 Å². The second-order valence-electron chi connectivity index (χ2n) is 18.9. The van der Waals surface area contributed by atoms with Gasteiger partial charge in [-0.3, -0.25) is 9.36 Å². The molecule has 0 amide bonds. The number of hydrogen-bond donors (Lipinski definition) is 0. The van der Waals surface area contributed by atoms with Crippen molar-refractivity contribution in [1.29, 1.82) is 0 Å². The highest BCUT2D eigenvalue weighted by atomic mass is 31.2. The molecule has 0 aliphatic carbocycles. The van der Waals surface area contributed by atoms with Crippen molar-refractivity contribution in [3.63, 3.8) is 0 Å². The Hall–Kier alpha value is -0.760. The van der Waals surface area contributed by atoms with Crippen LogP contribution >= 0.6 is 7.82 Å². The lowest BCUT2D eigenvalue weighted by Gasteiger charge is -2.28. The minimum absolute atomic E-state index is 0.0291. The summed E-state index contributed by atoms with van der Waals surface area (Å²) in [5.41, 5.74) is 0. The molecule has 358 valence electrons. The Morgan fingerprint density at radius 1 is 0.500 bits per heavy atom. The number of ether oxygens (including phenoxy) is 2. The number of hydrogen-bond acceptors (Lipinski definition) is 7. The standard InChI is InChI=1S/C51H102NO7P/c1-6-8-10-12-14-16-18-20-22-24-26-28-30-32-34-36-38-40-42-44-51(53)59-50(49-58-60(54,55)57-47-45-52(3,4)5)48-56-46-43-41-39-37-35-33-31-29-27-25-23-21-19-17-15-13-11-9-7-2/h23,25,50H,6-22,24,26-49H2,1-5H3/b25-23-. The molecule has 60 heavy (non-hydrogen) atoms. The maximum absolute atomic E-state index is 12.7. The number of allylic oxidation sites excluding steroid dienone is 2. The van der Waals surface area contributed by atoms with Gasteiger partial charge in [0.25, 0.3) is 7.82 Å². The highest BCUT2D eigenvalue weighted by molar-refractivity contribution is 7.45. The number of phosphoric ester groups is 1. The number of carbonyl (C=O) groups is 1. The minimum atomic E-state index is -4.53. The fourth-order valence-electron chi connectivity index (χ4n) is 7.54. The van der Waals surface area contributed by atoms with Gasteiger partial charge in [-0.15, -0.1) is 0 Å². The van der Waals surface area contributed by atoms with Crippen molar-refractivity contribution >= 4 is 13.8 Å². The first-order chi connectivity index (χ1) is 29.1. The molecule has 2 unspecified atom stereocenters. The zero-order valence-corrected chi connectivity index (χ0v) is 41.6. The zero-order valence-electron chi connectivity index (χ0n) is 40.7. The Bertz CT molecular complexity index is 972. The first-order valence-electron chi connectivity index (χ1n) is 25.9. The van der Waals surface area contributed by atoms with Gasteiger partial charge in [-0.1, -0.05) is 219 Å². The monoisotopic (exact) mass is 872 g/mol. The van der Waals surface area contributed by atoms with Crippen LogP contribution in [0.1, 0.15) is 251 Å². The van der Waals surface area contributed by atoms with E-state index in [1.165, 1.54) is 199 Å². The van der Waals surface area contributed by atoms with Crippen LogP contribution in [0.15, 0.2) is 12.2 Å². The summed E-state index contributed by atoms with van der Waals surface area (Å²) in [6.07, 6.45) is 50.9. The van der Waals surface area contributed by atoms with Crippen molar-refractivity contribution in [3.8, 4) is 0 Å². The van der Waals surface area contributed by atoms with Gasteiger partial charge in [0, 0.05) is 13.0 Å². The van der Waals surface area contributed by atoms with E-state index in [-0.39, 0.29) is 25.8 Å². The topological polar surface area (TPSA) is 94.1 Å². The number of likely N-dealkylation sites (N-methyl/N-ethyl adjacent to an activating group) is 1. The van der Waals surface area contributed by atoms with Crippen LogP contribution in [0.4, 0.5) is 0 Å². The molecular formula is C51H102NO7P. The molecular weight excluding hydrogens is 770 g/mol. The van der Waals surface area contributed by atoms with Gasteiger partial charge in [-0.2, -0.15) is 0 Å². The van der Waals surface area contributed by atoms with Crippen molar-refractivity contribution in [2.75, 3.05) is 54.1 Å². The van der Waals surface area contributed by atoms with E-state index in [2.05, 4.69) is 26.0 Å². The van der Waals surface area contributed by atoms with E-state index in [4.69, 9.17) is 18.5 Å². The lowest BCUT2D eigenvalue weighted by molar-refractivity contribution is -0.870. The fraction of sp³-hybridized carbons (Fsp3) is 0.941. The summed E-state index contributed by atoms with van der Waals surface area (Å²) < 4.78 is 34.8. The number of quaternary nitrogens is 1. The summed E-state index contributed by atoms with van der Waals surface area (Å²) in [6.45, 7) is 5.47. The molecule has 9 heteroatoms. The number of carbonyl (C=O) groups excluding carboxylic acids is 1. The van der Waals surface area contributed by atoms with Gasteiger partial charge >= 0.3 is 5.97 Å². The van der Waals surface area contributed by atoms with Gasteiger partial charge in [-0.05, 0) is 38.5 Å². The molecule has 0 aromatic heterocycles. The molecule has 0 radical (unpaired) electrons. The third kappa shape index (κ3) is 48.3. The van der Waals surface area contributed by atoms with Crippen molar-refractivity contribution in [1.82, 2.24) is 0 Å². The number of rotatable bonds is 49. The average Bonchev–Trinajstić information content (AvgIpc) is 3.20. The molecule has 0 bridgehead atoms. The van der Waals surface area contributed by atoms with Crippen molar-refractivity contribution in [3.05, 3.63) is 12.2 Å². The normalized spacial score (nSPS) is 13.6. The Labute approximate surface area is 373 Å². The highest BCUT2D eigenvalue weighted by Crippen LogP contribution is 2.38. The average molecular weight is 872 g/mol. The molecule has 0 aromatic carbocycles. The maximum Gasteiger partial charge on any atom is 0.306 e. The minimum Gasteiger partial charge on any atom is -0.756 e. The van der Waals surface area contributed by atoms with E-state index in [0.29, 0.717) is 24.1 Å². The quantitative estimate of drug-likeness (QED) is 0.0198. The van der Waals surface area contributed by atoms with Crippen LogP contribution in [0.3, 0.4) is 0 Å². The first kappa shape index (κ1) is 59.2. The molecule has 0 saturated heterocycles. The summed E-state index contributed by atoms with van der Waals surface area (Å²) in [5, 5.41) is 0. The van der Waals surface area contributed by atoms with Crippen LogP contribution in [0.2, 0.25) is 0 Å². The third-order valence-corrected chi connectivity index (χ3v) is 12.5. The van der Waals surface area contributed by atoms with Crippen molar-refractivity contribution in [2.24, 2.45) is 0 Å². The fourth-order valence-corrected chi connectivity index (χ4v) is 8.27. The number of unbranched alkanes of at least 4 members (excludes halogenated alkanes) is 33. The predicted molar refractivity (Wildman–Crippen MR) is 254 cm³/mol. The lowest BCUT2D eigenvalue weighted by atomic mass is 10.0. The molecule has 0 aliphatic heterocycles. The van der Waals surface area contributed by atoms with Crippen molar-refractivity contribution in [2.45, 2.75) is 258 Å². The summed E-state index contributed by atoms with van der Waals surface area (Å²) >= 11 is 0.